The van der Waals surface area contributed by atoms with Crippen molar-refractivity contribution in [1.82, 2.24) is 0 Å². The second kappa shape index (κ2) is 134. The van der Waals surface area contributed by atoms with Gasteiger partial charge in [-0.3, -0.25) is 14.4 Å². The number of carbonyl (C=O) groups excluding carboxylic acids is 5. The van der Waals surface area contributed by atoms with Gasteiger partial charge in [-0.05, 0) is 77.0 Å². The van der Waals surface area contributed by atoms with E-state index in [4.69, 9.17) is 23.8 Å². The molecule has 0 aromatic rings. The van der Waals surface area contributed by atoms with Crippen LogP contribution in [0, 0.1) is 0 Å². The largest absolute Gasteiger partial charge is 0.462 e. The summed E-state index contributed by atoms with van der Waals surface area (Å²) in [4.78, 5) is 54.2. The maximum atomic E-state index is 12.8. The number of allylic oxidation sites excluding steroid dienone is 8. The summed E-state index contributed by atoms with van der Waals surface area (Å²) in [5.74, 6) is -0.898. The topological polar surface area (TPSA) is 145 Å². The molecule has 123 heavy (non-hydrogen) atoms. The Morgan fingerprint density at radius 1 is 0.228 bits per heavy atom. The summed E-state index contributed by atoms with van der Waals surface area (Å²) < 4.78 is 16.8. The lowest BCUT2D eigenvalue weighted by atomic mass is 10.0. The highest BCUT2D eigenvalue weighted by molar-refractivity contribution is 5.71. The molecule has 9 heteroatoms. The molecule has 0 aromatic heterocycles. The molecule has 2 N–H and O–H groups in total. The minimum Gasteiger partial charge on any atom is -0.462 e. The van der Waals surface area contributed by atoms with E-state index in [1.165, 1.54) is 437 Å². The van der Waals surface area contributed by atoms with E-state index in [2.05, 4.69) is 125 Å². The van der Waals surface area contributed by atoms with Gasteiger partial charge in [-0.25, -0.2) is 0 Å². The van der Waals surface area contributed by atoms with Crippen LogP contribution in [0.5, 0.6) is 0 Å². The molecule has 0 aliphatic rings. The Kier molecular flexibility index (Phi) is 145. The summed E-state index contributed by atoms with van der Waals surface area (Å²) in [6.07, 6.45) is 133. The van der Waals surface area contributed by atoms with E-state index in [-0.39, 0.29) is 45.6 Å². The third-order valence-corrected chi connectivity index (χ3v) is 23.4. The van der Waals surface area contributed by atoms with Crippen molar-refractivity contribution in [3.8, 4) is 0 Å². The fraction of sp³-hybridized carbons (Fsp3) is 0.895. The minimum absolute atomic E-state index is 0. The Labute approximate surface area is 775 Å². The van der Waals surface area contributed by atoms with Crippen LogP contribution < -0.4 is 0 Å². The first-order valence-electron chi connectivity index (χ1n) is 55.2. The molecule has 0 heterocycles. The van der Waals surface area contributed by atoms with Gasteiger partial charge in [0, 0.05) is 22.1 Å². The molecule has 0 saturated heterocycles. The van der Waals surface area contributed by atoms with Crippen molar-refractivity contribution in [3.05, 3.63) is 48.6 Å². The van der Waals surface area contributed by atoms with Crippen LogP contribution in [0.2, 0.25) is 0 Å². The number of rotatable bonds is 93. The highest BCUT2D eigenvalue weighted by Gasteiger charge is 2.20. The van der Waals surface area contributed by atoms with Gasteiger partial charge in [0.25, 0.3) is 0 Å². The van der Waals surface area contributed by atoms with E-state index >= 15 is 0 Å². The fourth-order valence-corrected chi connectivity index (χ4v) is 15.4. The quantitative estimate of drug-likeness (QED) is 0.0253. The summed E-state index contributed by atoms with van der Waals surface area (Å²) in [6.45, 7) is 24.5. The Morgan fingerprint density at radius 2 is 0.374 bits per heavy atom. The zero-order valence-electron chi connectivity index (χ0n) is 85.6. The van der Waals surface area contributed by atoms with Crippen LogP contribution >= 0.6 is 0 Å². The molecule has 1 atom stereocenters. The second-order valence-electron chi connectivity index (χ2n) is 36.4. The predicted molar refractivity (Wildman–Crippen MR) is 550 cm³/mol. The molecular weight excluding hydrogens is 1510 g/mol. The van der Waals surface area contributed by atoms with Crippen LogP contribution in [-0.2, 0) is 38.2 Å². The molecule has 738 valence electrons. The van der Waals surface area contributed by atoms with Crippen molar-refractivity contribution in [2.75, 3.05) is 13.2 Å². The number of unbranched alkanes of at least 4 members (excludes halogenated alkanes) is 74. The zero-order chi connectivity index (χ0) is 90.4. The van der Waals surface area contributed by atoms with E-state index in [0.717, 1.165) is 109 Å². The highest BCUT2D eigenvalue weighted by atomic mass is 16.6. The molecule has 0 fully saturated rings. The highest BCUT2D eigenvalue weighted by Crippen LogP contribution is 2.21. The summed E-state index contributed by atoms with van der Waals surface area (Å²) in [6, 6.07) is 0. The molecule has 0 rings (SSSR count). The number of hydrogen-bond acceptors (Lipinski definition) is 8. The van der Waals surface area contributed by atoms with Crippen LogP contribution in [0.1, 0.15) is 644 Å². The summed E-state index contributed by atoms with van der Waals surface area (Å²) in [5, 5.41) is 0. The number of hydrogen-bond donors (Lipinski definition) is 0. The minimum atomic E-state index is -0.781. The maximum absolute atomic E-state index is 12.8. The Morgan fingerprint density at radius 3 is 0.561 bits per heavy atom. The van der Waals surface area contributed by atoms with Gasteiger partial charge in [-0.2, -0.15) is 9.59 Å². The van der Waals surface area contributed by atoms with Gasteiger partial charge in [0.05, 0.1) is 0 Å². The van der Waals surface area contributed by atoms with Gasteiger partial charge in [0.1, 0.15) is 13.2 Å². The smallest absolute Gasteiger partial charge is 0.373 e. The second-order valence-corrected chi connectivity index (χ2v) is 36.4. The Balaban J connectivity index is -0.000000242. The van der Waals surface area contributed by atoms with Crippen LogP contribution in [0.25, 0.3) is 0 Å². The van der Waals surface area contributed by atoms with Gasteiger partial charge in [-0.1, -0.05) is 593 Å². The first-order valence-corrected chi connectivity index (χ1v) is 55.2. The Bertz CT molecular complexity index is 1940. The van der Waals surface area contributed by atoms with E-state index in [0.29, 0.717) is 19.3 Å². The lowest BCUT2D eigenvalue weighted by Crippen LogP contribution is -2.30. The predicted octanol–water partition coefficient (Wildman–Crippen LogP) is 39.8. The lowest BCUT2D eigenvalue weighted by Gasteiger charge is -2.18. The lowest BCUT2D eigenvalue weighted by molar-refractivity contribution is -0.191. The van der Waals surface area contributed by atoms with Crippen LogP contribution in [0.3, 0.4) is 0 Å². The SMILES string of the molecule is CC/C=C\C/C=C\C/C=C\CCCCCCCC(=O)OCC(COC(=O)CCCCCCCCCCCCCCC)OC(=O)CCCCCCC/C=C\CCCCCCCC.CCC.CCCCCCCCCCCCCCCCC.CCCCCCCCCCCCCCCCCCC.CCCCCCCCCCCCCCCCCCC.O.O=C=O.[3HH].[HH]. The molecule has 0 spiro atoms. The van der Waals surface area contributed by atoms with Crippen molar-refractivity contribution in [2.24, 2.45) is 0 Å². The third kappa shape index (κ3) is 145. The van der Waals surface area contributed by atoms with Crippen molar-refractivity contribution in [2.45, 2.75) is 647 Å². The molecule has 9 nitrogen and oxygen atoms in total. The van der Waals surface area contributed by atoms with E-state index in [1.54, 1.807) is 0 Å². The number of carbonyl (C=O) groups is 3. The molecule has 0 radical (unpaired) electrons. The standard InChI is InChI=1S/C55H98O6.2C19H40.C17H36.C3H8.CO2.H2O.2H2/c1-4-7-10-13-16-19-22-25-27-30-33-36-39-42-45-48-54(57)60-51-52(50-59-53(56)47-44-41-38-35-32-29-24-21-18-15-12-9-6-3)61-55(58)49-46-43-40-37-34-31-28-26-23-20-17-14-11-8-5-2;2*1-3-5-7-9-11-13-15-17-19-18-16-14-12-10-8-6-4-2;1-3-5-7-9-11-13-15-17-16-14-12-10-8-6-4-2;1-3-2;2-1-3;;;/h7,10,16,19,25-28,52H,4-6,8-9,11-15,17-18,20-24,29-51H2,1-3H3;2*3-19H2,1-2H3;3-17H2,1-2H3;3H2,1-2H3;;1H2;2*1H/b10-7-,19-16-,27-25-,28-26-;;;;;;;;/i;;;;;;;1+2;. The van der Waals surface area contributed by atoms with E-state index in [9.17, 15) is 14.4 Å². The molecule has 0 saturated carbocycles. The normalized spacial score (nSPS) is 11.3. The van der Waals surface area contributed by atoms with Crippen LogP contribution in [0.4, 0.5) is 0 Å². The van der Waals surface area contributed by atoms with Gasteiger partial charge < -0.3 is 19.7 Å². The Hall–Kier alpha value is -3.29. The summed E-state index contributed by atoms with van der Waals surface area (Å²) in [7, 11) is 0. The summed E-state index contributed by atoms with van der Waals surface area (Å²) >= 11 is 0. The van der Waals surface area contributed by atoms with Crippen molar-refractivity contribution in [1.29, 1.82) is 0 Å². The average Bonchev–Trinajstić information content (AvgIpc) is 0.940. The number of esters is 3. The summed E-state index contributed by atoms with van der Waals surface area (Å²) in [5.41, 5.74) is 0. The van der Waals surface area contributed by atoms with Crippen molar-refractivity contribution >= 4 is 24.1 Å². The van der Waals surface area contributed by atoms with Crippen molar-refractivity contribution < 1.29 is 46.5 Å². The van der Waals surface area contributed by atoms with Crippen LogP contribution in [0.15, 0.2) is 48.6 Å². The van der Waals surface area contributed by atoms with Crippen molar-refractivity contribution in [3.63, 3.8) is 0 Å². The molecular formula is C114H228O9. The zero-order valence-corrected chi connectivity index (χ0v) is 85.6. The van der Waals surface area contributed by atoms with Crippen LogP contribution in [-0.4, -0.2) is 48.9 Å². The fourth-order valence-electron chi connectivity index (χ4n) is 15.4. The molecule has 0 aromatic carbocycles. The van der Waals surface area contributed by atoms with E-state index < -0.39 is 6.10 Å². The van der Waals surface area contributed by atoms with E-state index in [1.807, 2.05) is 0 Å². The third-order valence-electron chi connectivity index (χ3n) is 23.4. The molecule has 0 aliphatic heterocycles. The average molecular weight is 1750 g/mol. The maximum Gasteiger partial charge on any atom is 0.373 e. The van der Waals surface area contributed by atoms with Gasteiger partial charge in [-0.15, -0.1) is 0 Å². The number of ether oxygens (including phenoxy) is 3. The molecule has 0 bridgehead atoms. The van der Waals surface area contributed by atoms with Gasteiger partial charge in [0.15, 0.2) is 6.10 Å². The molecule has 1 unspecified atom stereocenters. The first-order chi connectivity index (χ1) is 60.1. The molecule has 0 amide bonds. The van der Waals surface area contributed by atoms with Gasteiger partial charge in [0.2, 0.25) is 0 Å². The van der Waals surface area contributed by atoms with Gasteiger partial charge >= 0.3 is 24.1 Å². The first kappa shape index (κ1) is 133. The molecule has 0 aliphatic carbocycles. The monoisotopic (exact) mass is 1740 g/mol.